The van der Waals surface area contributed by atoms with Gasteiger partial charge in [0.05, 0.1) is 12.5 Å². The minimum atomic E-state index is -0.352. The quantitative estimate of drug-likeness (QED) is 0.730. The predicted molar refractivity (Wildman–Crippen MR) is 97.4 cm³/mol. The van der Waals surface area contributed by atoms with Crippen LogP contribution in [-0.2, 0) is 17.8 Å². The largest absolute Gasteiger partial charge is 0.353 e. The van der Waals surface area contributed by atoms with Crippen LogP contribution in [0.2, 0.25) is 0 Å². The van der Waals surface area contributed by atoms with E-state index in [1.165, 1.54) is 11.1 Å². The molecule has 8 heteroatoms. The molecule has 3 heterocycles. The SMILES string of the molecule is Cc1ccc(CN2CCNC(=O)[C@@H]2Cc2nc(-c3cccnn3)no2)cc1. The molecule has 0 saturated carbocycles. The number of nitrogens with one attached hydrogen (secondary N) is 1. The Kier molecular flexibility index (Phi) is 4.88. The fourth-order valence-electron chi connectivity index (χ4n) is 3.13. The van der Waals surface area contributed by atoms with Crippen LogP contribution in [-0.4, -0.2) is 50.3 Å². The summed E-state index contributed by atoms with van der Waals surface area (Å²) < 4.78 is 5.35. The van der Waals surface area contributed by atoms with Crippen LogP contribution < -0.4 is 5.32 Å². The van der Waals surface area contributed by atoms with Crippen LogP contribution in [0.1, 0.15) is 17.0 Å². The van der Waals surface area contributed by atoms with Crippen LogP contribution in [0.5, 0.6) is 0 Å². The summed E-state index contributed by atoms with van der Waals surface area (Å²) in [5.41, 5.74) is 2.93. The maximum absolute atomic E-state index is 12.5. The number of carbonyl (C=O) groups excluding carboxylic acids is 1. The van der Waals surface area contributed by atoms with E-state index in [1.54, 1.807) is 18.3 Å². The Morgan fingerprint density at radius 1 is 1.26 bits per heavy atom. The molecule has 4 rings (SSSR count). The molecule has 1 atom stereocenters. The molecule has 1 amide bonds. The molecule has 0 spiro atoms. The number of aromatic nitrogens is 4. The first-order chi connectivity index (χ1) is 13.2. The lowest BCUT2D eigenvalue weighted by molar-refractivity contribution is -0.129. The number of nitrogens with zero attached hydrogens (tertiary/aromatic N) is 5. The van der Waals surface area contributed by atoms with Crippen LogP contribution in [0.3, 0.4) is 0 Å². The molecule has 138 valence electrons. The lowest BCUT2D eigenvalue weighted by atomic mass is 10.1. The van der Waals surface area contributed by atoms with Crippen LogP contribution in [0.25, 0.3) is 11.5 Å². The van der Waals surface area contributed by atoms with E-state index in [1.807, 2.05) is 0 Å². The zero-order valence-electron chi connectivity index (χ0n) is 15.0. The van der Waals surface area contributed by atoms with Crippen molar-refractivity contribution in [3.8, 4) is 11.5 Å². The Bertz CT molecular complexity index is 909. The molecule has 3 aromatic rings. The molecule has 0 unspecified atom stereocenters. The third-order valence-electron chi connectivity index (χ3n) is 4.59. The Labute approximate surface area is 156 Å². The van der Waals surface area contributed by atoms with E-state index in [9.17, 15) is 4.79 Å². The van der Waals surface area contributed by atoms with Crippen molar-refractivity contribution in [2.24, 2.45) is 0 Å². The second-order valence-electron chi connectivity index (χ2n) is 6.59. The van der Waals surface area contributed by atoms with Crippen LogP contribution in [0.15, 0.2) is 47.1 Å². The standard InChI is InChI=1S/C19H20N6O2/c1-13-4-6-14(7-5-13)12-25-10-9-20-19(26)16(25)11-17-22-18(24-27-17)15-3-2-8-21-23-15/h2-8,16H,9-12H2,1H3,(H,20,26)/t16-/m0/s1. The molecule has 8 nitrogen and oxygen atoms in total. The zero-order valence-corrected chi connectivity index (χ0v) is 15.0. The van der Waals surface area contributed by atoms with Crippen molar-refractivity contribution in [2.75, 3.05) is 13.1 Å². The Hall–Kier alpha value is -3.13. The van der Waals surface area contributed by atoms with Crippen LogP contribution in [0, 0.1) is 6.92 Å². The molecule has 0 aliphatic carbocycles. The molecule has 0 radical (unpaired) electrons. The molecule has 2 aromatic heterocycles. The number of hydrogen-bond donors (Lipinski definition) is 1. The van der Waals surface area contributed by atoms with Crippen molar-refractivity contribution in [1.82, 2.24) is 30.6 Å². The second-order valence-corrected chi connectivity index (χ2v) is 6.59. The summed E-state index contributed by atoms with van der Waals surface area (Å²) in [5.74, 6) is 0.763. The molecule has 1 aromatic carbocycles. The highest BCUT2D eigenvalue weighted by atomic mass is 16.5. The molecular formula is C19H20N6O2. The van der Waals surface area contributed by atoms with E-state index >= 15 is 0 Å². The van der Waals surface area contributed by atoms with Gasteiger partial charge in [0.2, 0.25) is 17.6 Å². The minimum Gasteiger partial charge on any atom is -0.353 e. The van der Waals surface area contributed by atoms with Gasteiger partial charge in [0.1, 0.15) is 5.69 Å². The normalized spacial score (nSPS) is 17.7. The van der Waals surface area contributed by atoms with Crippen LogP contribution in [0.4, 0.5) is 0 Å². The third-order valence-corrected chi connectivity index (χ3v) is 4.59. The summed E-state index contributed by atoms with van der Waals surface area (Å²) in [5, 5.41) is 14.7. The topological polar surface area (TPSA) is 97.0 Å². The smallest absolute Gasteiger partial charge is 0.237 e. The van der Waals surface area contributed by atoms with E-state index in [0.29, 0.717) is 36.9 Å². The predicted octanol–water partition coefficient (Wildman–Crippen LogP) is 1.38. The van der Waals surface area contributed by atoms with Gasteiger partial charge in [-0.05, 0) is 24.6 Å². The molecule has 1 fully saturated rings. The van der Waals surface area contributed by atoms with Gasteiger partial charge < -0.3 is 9.84 Å². The molecule has 1 saturated heterocycles. The number of hydrogen-bond acceptors (Lipinski definition) is 7. The van der Waals surface area contributed by atoms with Crippen molar-refractivity contribution in [1.29, 1.82) is 0 Å². The van der Waals surface area contributed by atoms with Crippen LogP contribution >= 0.6 is 0 Å². The Morgan fingerprint density at radius 2 is 2.11 bits per heavy atom. The lowest BCUT2D eigenvalue weighted by Gasteiger charge is -2.34. The Morgan fingerprint density at radius 3 is 2.89 bits per heavy atom. The van der Waals surface area contributed by atoms with Crippen molar-refractivity contribution >= 4 is 5.91 Å². The minimum absolute atomic E-state index is 0.0207. The van der Waals surface area contributed by atoms with Gasteiger partial charge >= 0.3 is 0 Å². The summed E-state index contributed by atoms with van der Waals surface area (Å²) in [6.45, 7) is 4.17. The summed E-state index contributed by atoms with van der Waals surface area (Å²) in [6.07, 6.45) is 1.94. The van der Waals surface area contributed by atoms with Gasteiger partial charge in [0, 0.05) is 25.8 Å². The highest BCUT2D eigenvalue weighted by molar-refractivity contribution is 5.82. The number of piperazine rings is 1. The molecule has 27 heavy (non-hydrogen) atoms. The third kappa shape index (κ3) is 4.01. The highest BCUT2D eigenvalue weighted by Crippen LogP contribution is 2.17. The summed E-state index contributed by atoms with van der Waals surface area (Å²) in [4.78, 5) is 19.0. The van der Waals surface area contributed by atoms with Crippen molar-refractivity contribution in [3.63, 3.8) is 0 Å². The van der Waals surface area contributed by atoms with E-state index in [4.69, 9.17) is 4.52 Å². The van der Waals surface area contributed by atoms with Gasteiger partial charge in [-0.2, -0.15) is 10.1 Å². The maximum Gasteiger partial charge on any atom is 0.237 e. The van der Waals surface area contributed by atoms with Gasteiger partial charge in [-0.15, -0.1) is 5.10 Å². The van der Waals surface area contributed by atoms with Crippen molar-refractivity contribution < 1.29 is 9.32 Å². The first-order valence-electron chi connectivity index (χ1n) is 8.87. The number of benzene rings is 1. The Balaban J connectivity index is 1.50. The van der Waals surface area contributed by atoms with Crippen molar-refractivity contribution in [2.45, 2.75) is 25.9 Å². The number of amides is 1. The van der Waals surface area contributed by atoms with Gasteiger partial charge in [-0.1, -0.05) is 35.0 Å². The molecule has 0 bridgehead atoms. The van der Waals surface area contributed by atoms with E-state index in [-0.39, 0.29) is 11.9 Å². The first-order valence-corrected chi connectivity index (χ1v) is 8.87. The van der Waals surface area contributed by atoms with E-state index in [2.05, 4.69) is 61.7 Å². The zero-order chi connectivity index (χ0) is 18.6. The second kappa shape index (κ2) is 7.63. The number of rotatable bonds is 5. The molecular weight excluding hydrogens is 344 g/mol. The fourth-order valence-corrected chi connectivity index (χ4v) is 3.13. The van der Waals surface area contributed by atoms with E-state index in [0.717, 1.165) is 6.54 Å². The van der Waals surface area contributed by atoms with E-state index < -0.39 is 0 Å². The average molecular weight is 364 g/mol. The van der Waals surface area contributed by atoms with Crippen molar-refractivity contribution in [3.05, 3.63) is 59.6 Å². The summed E-state index contributed by atoms with van der Waals surface area (Å²) in [7, 11) is 0. The number of aryl methyl sites for hydroxylation is 1. The first kappa shape index (κ1) is 17.3. The lowest BCUT2D eigenvalue weighted by Crippen LogP contribution is -2.55. The van der Waals surface area contributed by atoms with Gasteiger partial charge in [0.25, 0.3) is 0 Å². The monoisotopic (exact) mass is 364 g/mol. The van der Waals surface area contributed by atoms with Gasteiger partial charge in [0.15, 0.2) is 0 Å². The number of carbonyl (C=O) groups is 1. The highest BCUT2D eigenvalue weighted by Gasteiger charge is 2.31. The summed E-state index contributed by atoms with van der Waals surface area (Å²) >= 11 is 0. The van der Waals surface area contributed by atoms with Gasteiger partial charge in [-0.25, -0.2) is 0 Å². The summed E-state index contributed by atoms with van der Waals surface area (Å²) in [6, 6.07) is 11.5. The van der Waals surface area contributed by atoms with Gasteiger partial charge in [-0.3, -0.25) is 9.69 Å². The fraction of sp³-hybridized carbons (Fsp3) is 0.316. The average Bonchev–Trinajstić information content (AvgIpc) is 3.16. The molecule has 1 N–H and O–H groups in total. The molecule has 1 aliphatic heterocycles. The molecule has 1 aliphatic rings. The maximum atomic E-state index is 12.5.